The van der Waals surface area contributed by atoms with E-state index in [1.165, 1.54) is 21.6 Å². The maximum Gasteiger partial charge on any atom is 0.226 e. The maximum absolute atomic E-state index is 4.40. The average Bonchev–Trinajstić information content (AvgIpc) is 3.22. The second-order valence-electron chi connectivity index (χ2n) is 5.70. The van der Waals surface area contributed by atoms with Crippen LogP contribution in [-0.4, -0.2) is 14.8 Å². The number of hydrogen-bond acceptors (Lipinski definition) is 4. The standard InChI is InChI=1S/C18H18N4S/c1-3-13-4-6-14(7-5-13)15-10-16(17-12(2)8-9-23-17)22-18(21-15)19-11-20-22/h4-11,16H,3H2,1-2H3,(H,19,20,21)/t16-/m0/s1. The van der Waals surface area contributed by atoms with Crippen LogP contribution in [0.1, 0.15) is 34.5 Å². The Morgan fingerprint density at radius 2 is 2.04 bits per heavy atom. The molecule has 0 saturated heterocycles. The molecule has 3 aromatic rings. The number of aromatic nitrogens is 3. The number of nitrogens with zero attached hydrogens (tertiary/aromatic N) is 3. The lowest BCUT2D eigenvalue weighted by Crippen LogP contribution is -2.20. The van der Waals surface area contributed by atoms with Crippen molar-refractivity contribution in [2.45, 2.75) is 26.3 Å². The lowest BCUT2D eigenvalue weighted by Gasteiger charge is -2.24. The first kappa shape index (κ1) is 14.2. The number of aryl methyl sites for hydroxylation is 2. The molecule has 5 heteroatoms. The molecule has 3 heterocycles. The van der Waals surface area contributed by atoms with E-state index in [-0.39, 0.29) is 6.04 Å². The highest BCUT2D eigenvalue weighted by atomic mass is 32.1. The summed E-state index contributed by atoms with van der Waals surface area (Å²) in [6.45, 7) is 4.32. The smallest absolute Gasteiger partial charge is 0.226 e. The number of hydrogen-bond donors (Lipinski definition) is 1. The Hall–Kier alpha value is -2.40. The monoisotopic (exact) mass is 322 g/mol. The quantitative estimate of drug-likeness (QED) is 0.783. The number of nitrogens with one attached hydrogen (secondary N) is 1. The highest BCUT2D eigenvalue weighted by Gasteiger charge is 2.25. The molecule has 4 rings (SSSR count). The Bertz CT molecular complexity index is 857. The molecule has 1 aromatic carbocycles. The Labute approximate surface area is 139 Å². The van der Waals surface area contributed by atoms with Crippen LogP contribution < -0.4 is 5.32 Å². The lowest BCUT2D eigenvalue weighted by atomic mass is 10.0. The van der Waals surface area contributed by atoms with Gasteiger partial charge in [0.15, 0.2) is 0 Å². The van der Waals surface area contributed by atoms with E-state index in [4.69, 9.17) is 0 Å². The summed E-state index contributed by atoms with van der Waals surface area (Å²) in [5.74, 6) is 0.792. The van der Waals surface area contributed by atoms with Crippen molar-refractivity contribution >= 4 is 23.0 Å². The number of rotatable bonds is 3. The second-order valence-corrected chi connectivity index (χ2v) is 6.64. The largest absolute Gasteiger partial charge is 0.324 e. The normalized spacial score (nSPS) is 16.6. The number of anilines is 1. The van der Waals surface area contributed by atoms with Crippen molar-refractivity contribution in [3.8, 4) is 0 Å². The van der Waals surface area contributed by atoms with Crippen molar-refractivity contribution in [2.75, 3.05) is 5.32 Å². The van der Waals surface area contributed by atoms with Crippen LogP contribution in [0.3, 0.4) is 0 Å². The fraction of sp³-hybridized carbons (Fsp3) is 0.222. The van der Waals surface area contributed by atoms with Gasteiger partial charge < -0.3 is 5.32 Å². The van der Waals surface area contributed by atoms with Crippen molar-refractivity contribution in [3.05, 3.63) is 69.7 Å². The van der Waals surface area contributed by atoms with Gasteiger partial charge in [0.25, 0.3) is 0 Å². The molecule has 4 nitrogen and oxygen atoms in total. The summed E-state index contributed by atoms with van der Waals surface area (Å²) >= 11 is 1.77. The van der Waals surface area contributed by atoms with E-state index in [2.05, 4.69) is 71.0 Å². The average molecular weight is 322 g/mol. The summed E-state index contributed by atoms with van der Waals surface area (Å²) in [7, 11) is 0. The summed E-state index contributed by atoms with van der Waals surface area (Å²) in [5, 5.41) is 9.92. The van der Waals surface area contributed by atoms with E-state index in [0.717, 1.165) is 18.1 Å². The van der Waals surface area contributed by atoms with E-state index >= 15 is 0 Å². The van der Waals surface area contributed by atoms with Crippen molar-refractivity contribution in [3.63, 3.8) is 0 Å². The summed E-state index contributed by atoms with van der Waals surface area (Å²) in [6, 6.07) is 11.0. The first-order chi connectivity index (χ1) is 11.3. The third kappa shape index (κ3) is 2.47. The van der Waals surface area contributed by atoms with Crippen LogP contribution in [0.5, 0.6) is 0 Å². The van der Waals surface area contributed by atoms with Gasteiger partial charge in [0, 0.05) is 10.6 Å². The number of benzene rings is 1. The van der Waals surface area contributed by atoms with Crippen LogP contribution in [0.15, 0.2) is 48.1 Å². The lowest BCUT2D eigenvalue weighted by molar-refractivity contribution is 0.618. The summed E-state index contributed by atoms with van der Waals surface area (Å²) < 4.78 is 1.95. The van der Waals surface area contributed by atoms with E-state index in [0.29, 0.717) is 0 Å². The van der Waals surface area contributed by atoms with Crippen molar-refractivity contribution in [1.82, 2.24) is 14.8 Å². The van der Waals surface area contributed by atoms with E-state index in [1.54, 1.807) is 17.7 Å². The summed E-state index contributed by atoms with van der Waals surface area (Å²) in [4.78, 5) is 5.67. The number of allylic oxidation sites excluding steroid dienone is 1. The molecule has 0 fully saturated rings. The first-order valence-electron chi connectivity index (χ1n) is 7.78. The van der Waals surface area contributed by atoms with Gasteiger partial charge in [-0.05, 0) is 47.6 Å². The molecule has 1 aliphatic rings. The summed E-state index contributed by atoms with van der Waals surface area (Å²) in [5.41, 5.74) is 4.90. The molecule has 1 aliphatic heterocycles. The Morgan fingerprint density at radius 3 is 2.74 bits per heavy atom. The van der Waals surface area contributed by atoms with Gasteiger partial charge in [-0.3, -0.25) is 0 Å². The highest BCUT2D eigenvalue weighted by Crippen LogP contribution is 2.35. The van der Waals surface area contributed by atoms with Crippen LogP contribution >= 0.6 is 11.3 Å². The molecular formula is C18H18N4S. The van der Waals surface area contributed by atoms with E-state index < -0.39 is 0 Å². The van der Waals surface area contributed by atoms with Crippen LogP contribution in [0, 0.1) is 6.92 Å². The van der Waals surface area contributed by atoms with Gasteiger partial charge in [-0.2, -0.15) is 10.1 Å². The zero-order valence-electron chi connectivity index (χ0n) is 13.2. The Morgan fingerprint density at radius 1 is 1.22 bits per heavy atom. The Balaban J connectivity index is 1.78. The number of fused-ring (bicyclic) bond motifs is 1. The van der Waals surface area contributed by atoms with Gasteiger partial charge in [0.1, 0.15) is 12.4 Å². The summed E-state index contributed by atoms with van der Waals surface area (Å²) in [6.07, 6.45) is 4.90. The fourth-order valence-electron chi connectivity index (χ4n) is 2.90. The van der Waals surface area contributed by atoms with Gasteiger partial charge in [0.2, 0.25) is 5.95 Å². The van der Waals surface area contributed by atoms with Crippen LogP contribution in [-0.2, 0) is 6.42 Å². The molecule has 1 N–H and O–H groups in total. The van der Waals surface area contributed by atoms with E-state index in [9.17, 15) is 0 Å². The third-order valence-corrected chi connectivity index (χ3v) is 5.34. The minimum absolute atomic E-state index is 0.0922. The highest BCUT2D eigenvalue weighted by molar-refractivity contribution is 7.10. The van der Waals surface area contributed by atoms with Crippen molar-refractivity contribution in [2.24, 2.45) is 0 Å². The Kier molecular flexibility index (Phi) is 3.50. The predicted octanol–water partition coefficient (Wildman–Crippen LogP) is 4.27. The topological polar surface area (TPSA) is 42.7 Å². The van der Waals surface area contributed by atoms with Crippen molar-refractivity contribution < 1.29 is 0 Å². The van der Waals surface area contributed by atoms with Gasteiger partial charge >= 0.3 is 0 Å². The van der Waals surface area contributed by atoms with E-state index in [1.807, 2.05) is 4.68 Å². The van der Waals surface area contributed by atoms with Gasteiger partial charge in [-0.1, -0.05) is 31.2 Å². The van der Waals surface area contributed by atoms with Crippen molar-refractivity contribution in [1.29, 1.82) is 0 Å². The molecule has 0 unspecified atom stereocenters. The van der Waals surface area contributed by atoms with Crippen LogP contribution in [0.2, 0.25) is 0 Å². The molecule has 0 aliphatic carbocycles. The zero-order chi connectivity index (χ0) is 15.8. The van der Waals surface area contributed by atoms with Gasteiger partial charge in [0.05, 0.1) is 0 Å². The second kappa shape index (κ2) is 5.66. The first-order valence-corrected chi connectivity index (χ1v) is 8.66. The molecule has 0 amide bonds. The molecular weight excluding hydrogens is 304 g/mol. The van der Waals surface area contributed by atoms with Crippen LogP contribution in [0.4, 0.5) is 5.95 Å². The fourth-order valence-corrected chi connectivity index (χ4v) is 3.88. The molecule has 0 spiro atoms. The third-order valence-electron chi connectivity index (χ3n) is 4.25. The molecule has 0 bridgehead atoms. The molecule has 1 atom stereocenters. The van der Waals surface area contributed by atoms with Gasteiger partial charge in [-0.15, -0.1) is 11.3 Å². The molecule has 116 valence electrons. The minimum atomic E-state index is 0.0922. The SMILES string of the molecule is CCc1ccc(C2=C[C@@H](c3sccc3C)n3ncnc3N2)cc1. The minimum Gasteiger partial charge on any atom is -0.324 e. The van der Waals surface area contributed by atoms with Crippen LogP contribution in [0.25, 0.3) is 5.70 Å². The molecule has 0 saturated carbocycles. The molecule has 2 aromatic heterocycles. The van der Waals surface area contributed by atoms with Gasteiger partial charge in [-0.25, -0.2) is 4.68 Å². The molecule has 0 radical (unpaired) electrons. The number of thiophene rings is 1. The maximum atomic E-state index is 4.40. The molecule has 23 heavy (non-hydrogen) atoms. The zero-order valence-corrected chi connectivity index (χ0v) is 14.0. The predicted molar refractivity (Wildman–Crippen MR) is 94.6 cm³/mol.